The Hall–Kier alpha value is -0.610. The highest BCUT2D eigenvalue weighted by molar-refractivity contribution is 5.75. The highest BCUT2D eigenvalue weighted by Gasteiger charge is 2.33. The molecule has 1 aliphatic rings. The number of carbonyl (C=O) groups excluding carboxylic acids is 1. The molecule has 0 saturated carbocycles. The van der Waals surface area contributed by atoms with Crippen molar-refractivity contribution in [1.29, 1.82) is 0 Å². The van der Waals surface area contributed by atoms with Crippen LogP contribution in [0.5, 0.6) is 0 Å². The summed E-state index contributed by atoms with van der Waals surface area (Å²) >= 11 is 0. The Morgan fingerprint density at radius 3 is 2.76 bits per heavy atom. The molecule has 1 atom stereocenters. The fourth-order valence-electron chi connectivity index (χ4n) is 2.37. The molecule has 0 radical (unpaired) electrons. The van der Waals surface area contributed by atoms with Crippen molar-refractivity contribution < 1.29 is 9.90 Å². The molecule has 1 unspecified atom stereocenters. The van der Waals surface area contributed by atoms with E-state index in [2.05, 4.69) is 31.1 Å². The first-order valence-electron chi connectivity index (χ1n) is 6.52. The van der Waals surface area contributed by atoms with Gasteiger partial charge in [-0.2, -0.15) is 0 Å². The Bertz CT molecular complexity index is 254. The van der Waals surface area contributed by atoms with Gasteiger partial charge in [0.2, 0.25) is 5.91 Å². The third-order valence-electron chi connectivity index (χ3n) is 3.80. The quantitative estimate of drug-likeness (QED) is 0.726. The fraction of sp³-hybridized carbons (Fsp3) is 0.923. The molecule has 1 aliphatic heterocycles. The van der Waals surface area contributed by atoms with Crippen LogP contribution in [0.4, 0.5) is 0 Å². The maximum Gasteiger partial charge on any atom is 0.220 e. The number of aliphatic hydroxyl groups excluding tert-OH is 1. The molecule has 2 N–H and O–H groups in total. The van der Waals surface area contributed by atoms with Crippen molar-refractivity contribution >= 4 is 5.91 Å². The minimum absolute atomic E-state index is 0.0541. The van der Waals surface area contributed by atoms with Crippen LogP contribution in [0.3, 0.4) is 0 Å². The SMILES string of the molecule is CN1CCC(C(C)(C)CNC(=O)CCCO)C1. The number of likely N-dealkylation sites (tertiary alicyclic amines) is 1. The third kappa shape index (κ3) is 4.64. The summed E-state index contributed by atoms with van der Waals surface area (Å²) in [6.45, 7) is 7.55. The van der Waals surface area contributed by atoms with Gasteiger partial charge in [0, 0.05) is 26.1 Å². The van der Waals surface area contributed by atoms with Gasteiger partial charge >= 0.3 is 0 Å². The number of nitrogens with one attached hydrogen (secondary N) is 1. The lowest BCUT2D eigenvalue weighted by atomic mass is 9.78. The topological polar surface area (TPSA) is 52.6 Å². The molecular weight excluding hydrogens is 216 g/mol. The highest BCUT2D eigenvalue weighted by atomic mass is 16.3. The van der Waals surface area contributed by atoms with Gasteiger partial charge in [0.05, 0.1) is 0 Å². The van der Waals surface area contributed by atoms with E-state index in [0.29, 0.717) is 18.8 Å². The van der Waals surface area contributed by atoms with Gasteiger partial charge in [-0.15, -0.1) is 0 Å². The van der Waals surface area contributed by atoms with Crippen molar-refractivity contribution in [2.45, 2.75) is 33.1 Å². The van der Waals surface area contributed by atoms with Crippen molar-refractivity contribution in [1.82, 2.24) is 10.2 Å². The number of rotatable bonds is 6. The summed E-state index contributed by atoms with van der Waals surface area (Å²) in [7, 11) is 2.15. The van der Waals surface area contributed by atoms with E-state index in [1.807, 2.05) is 0 Å². The largest absolute Gasteiger partial charge is 0.396 e. The maximum atomic E-state index is 11.5. The fourth-order valence-corrected chi connectivity index (χ4v) is 2.37. The van der Waals surface area contributed by atoms with Crippen molar-refractivity contribution in [3.63, 3.8) is 0 Å². The van der Waals surface area contributed by atoms with E-state index in [0.717, 1.165) is 19.6 Å². The Kier molecular flexibility index (Phi) is 5.40. The lowest BCUT2D eigenvalue weighted by Gasteiger charge is -2.31. The lowest BCUT2D eigenvalue weighted by Crippen LogP contribution is -2.39. The summed E-state index contributed by atoms with van der Waals surface area (Å²) in [5, 5.41) is 11.6. The zero-order chi connectivity index (χ0) is 12.9. The monoisotopic (exact) mass is 242 g/mol. The van der Waals surface area contributed by atoms with Crippen LogP contribution in [0, 0.1) is 11.3 Å². The van der Waals surface area contributed by atoms with E-state index < -0.39 is 0 Å². The van der Waals surface area contributed by atoms with Gasteiger partial charge in [-0.05, 0) is 37.8 Å². The van der Waals surface area contributed by atoms with E-state index >= 15 is 0 Å². The van der Waals surface area contributed by atoms with Gasteiger partial charge < -0.3 is 15.3 Å². The van der Waals surface area contributed by atoms with Crippen LogP contribution in [0.15, 0.2) is 0 Å². The normalized spacial score (nSPS) is 21.8. The summed E-state index contributed by atoms with van der Waals surface area (Å²) in [6.07, 6.45) is 2.20. The van der Waals surface area contributed by atoms with Crippen LogP contribution >= 0.6 is 0 Å². The van der Waals surface area contributed by atoms with Crippen molar-refractivity contribution in [2.24, 2.45) is 11.3 Å². The molecule has 0 aromatic heterocycles. The minimum atomic E-state index is 0.0541. The number of hydrogen-bond donors (Lipinski definition) is 2. The molecule has 0 spiro atoms. The van der Waals surface area contributed by atoms with E-state index in [-0.39, 0.29) is 17.9 Å². The summed E-state index contributed by atoms with van der Waals surface area (Å²) in [5.74, 6) is 0.712. The van der Waals surface area contributed by atoms with Gasteiger partial charge in [0.15, 0.2) is 0 Å². The van der Waals surface area contributed by atoms with Gasteiger partial charge in [-0.3, -0.25) is 4.79 Å². The first-order chi connectivity index (χ1) is 7.95. The second kappa shape index (κ2) is 6.36. The smallest absolute Gasteiger partial charge is 0.220 e. The van der Waals surface area contributed by atoms with E-state index in [1.165, 1.54) is 6.42 Å². The molecule has 1 amide bonds. The number of hydrogen-bond acceptors (Lipinski definition) is 3. The van der Waals surface area contributed by atoms with E-state index in [1.54, 1.807) is 0 Å². The molecule has 0 aliphatic carbocycles. The summed E-state index contributed by atoms with van der Waals surface area (Å²) in [4.78, 5) is 13.8. The van der Waals surface area contributed by atoms with Crippen molar-refractivity contribution in [3.05, 3.63) is 0 Å². The Balaban J connectivity index is 2.31. The van der Waals surface area contributed by atoms with Crippen molar-refractivity contribution in [3.8, 4) is 0 Å². The van der Waals surface area contributed by atoms with Crippen LogP contribution in [-0.2, 0) is 4.79 Å². The Morgan fingerprint density at radius 2 is 2.24 bits per heavy atom. The van der Waals surface area contributed by atoms with Crippen LogP contribution in [0.1, 0.15) is 33.1 Å². The minimum Gasteiger partial charge on any atom is -0.396 e. The van der Waals surface area contributed by atoms with Crippen LogP contribution in [0.2, 0.25) is 0 Å². The van der Waals surface area contributed by atoms with Gasteiger partial charge in [0.25, 0.3) is 0 Å². The van der Waals surface area contributed by atoms with Gasteiger partial charge in [0.1, 0.15) is 0 Å². The first kappa shape index (κ1) is 14.5. The predicted octanol–water partition coefficient (Wildman–Crippen LogP) is 0.853. The number of aliphatic hydroxyl groups is 1. The Labute approximate surface area is 104 Å². The summed E-state index contributed by atoms with van der Waals surface area (Å²) < 4.78 is 0. The molecule has 4 nitrogen and oxygen atoms in total. The van der Waals surface area contributed by atoms with Gasteiger partial charge in [-0.1, -0.05) is 13.8 Å². The number of carbonyl (C=O) groups is 1. The molecule has 1 heterocycles. The van der Waals surface area contributed by atoms with E-state index in [4.69, 9.17) is 5.11 Å². The second-order valence-corrected chi connectivity index (χ2v) is 5.84. The van der Waals surface area contributed by atoms with Crippen LogP contribution < -0.4 is 5.32 Å². The Morgan fingerprint density at radius 1 is 1.53 bits per heavy atom. The molecule has 100 valence electrons. The van der Waals surface area contributed by atoms with Crippen LogP contribution in [-0.4, -0.2) is 49.2 Å². The maximum absolute atomic E-state index is 11.5. The van der Waals surface area contributed by atoms with E-state index in [9.17, 15) is 4.79 Å². The number of nitrogens with zero attached hydrogens (tertiary/aromatic N) is 1. The predicted molar refractivity (Wildman–Crippen MR) is 68.7 cm³/mol. The molecule has 17 heavy (non-hydrogen) atoms. The molecule has 0 aromatic rings. The molecule has 1 saturated heterocycles. The average molecular weight is 242 g/mol. The zero-order valence-corrected chi connectivity index (χ0v) is 11.3. The average Bonchev–Trinajstić information content (AvgIpc) is 2.71. The van der Waals surface area contributed by atoms with Crippen molar-refractivity contribution in [2.75, 3.05) is 33.3 Å². The summed E-state index contributed by atoms with van der Waals surface area (Å²) in [5.41, 5.74) is 0.152. The molecular formula is C13H26N2O2. The molecule has 1 fully saturated rings. The first-order valence-corrected chi connectivity index (χ1v) is 6.52. The molecule has 1 rings (SSSR count). The second-order valence-electron chi connectivity index (χ2n) is 5.84. The standard InChI is InChI=1S/C13H26N2O2/c1-13(2,11-6-7-15(3)9-11)10-14-12(17)5-4-8-16/h11,16H,4-10H2,1-3H3,(H,14,17). The number of amides is 1. The van der Waals surface area contributed by atoms with Gasteiger partial charge in [-0.25, -0.2) is 0 Å². The molecule has 4 heteroatoms. The van der Waals surface area contributed by atoms with Crippen LogP contribution in [0.25, 0.3) is 0 Å². The lowest BCUT2D eigenvalue weighted by molar-refractivity contribution is -0.121. The molecule has 0 aromatic carbocycles. The summed E-state index contributed by atoms with van der Waals surface area (Å²) in [6, 6.07) is 0. The molecule has 0 bridgehead atoms. The third-order valence-corrected chi connectivity index (χ3v) is 3.80. The highest BCUT2D eigenvalue weighted by Crippen LogP contribution is 2.33. The zero-order valence-electron chi connectivity index (χ0n) is 11.3.